The summed E-state index contributed by atoms with van der Waals surface area (Å²) in [5, 5.41) is 20.2. The molecule has 0 aliphatic carbocycles. The second kappa shape index (κ2) is 3.57. The normalized spacial score (nSPS) is 10.6. The van der Waals surface area contributed by atoms with Crippen LogP contribution in [0.2, 0.25) is 0 Å². The van der Waals surface area contributed by atoms with Gasteiger partial charge in [-0.1, -0.05) is 6.07 Å². The number of hydrogen-bond donors (Lipinski definition) is 1. The maximum Gasteiger partial charge on any atom is 0.346 e. The third-order valence-corrected chi connectivity index (χ3v) is 3.57. The van der Waals surface area contributed by atoms with Crippen molar-refractivity contribution in [3.05, 3.63) is 38.8 Å². The minimum atomic E-state index is -1.05. The molecule has 5 nitrogen and oxygen atoms in total. The quantitative estimate of drug-likeness (QED) is 0.643. The Labute approximate surface area is 94.1 Å². The Morgan fingerprint density at radius 3 is 2.75 bits per heavy atom. The van der Waals surface area contributed by atoms with E-state index in [9.17, 15) is 14.9 Å². The van der Waals surface area contributed by atoms with E-state index in [4.69, 9.17) is 5.11 Å². The first-order chi connectivity index (χ1) is 7.52. The molecule has 0 amide bonds. The smallest absolute Gasteiger partial charge is 0.346 e. The molecular formula is C10H7NO4S. The molecule has 0 spiro atoms. The van der Waals surface area contributed by atoms with Crippen LogP contribution in [0.4, 0.5) is 5.69 Å². The summed E-state index contributed by atoms with van der Waals surface area (Å²) in [7, 11) is 0. The van der Waals surface area contributed by atoms with Crippen LogP contribution in [0.3, 0.4) is 0 Å². The molecule has 0 atom stereocenters. The van der Waals surface area contributed by atoms with Gasteiger partial charge in [-0.05, 0) is 18.6 Å². The second-order valence-corrected chi connectivity index (χ2v) is 4.32. The summed E-state index contributed by atoms with van der Waals surface area (Å²) < 4.78 is 0.629. The topological polar surface area (TPSA) is 80.4 Å². The molecule has 16 heavy (non-hydrogen) atoms. The van der Waals surface area contributed by atoms with E-state index in [1.165, 1.54) is 6.07 Å². The fraction of sp³-hybridized carbons (Fsp3) is 0.100. The molecule has 0 saturated heterocycles. The number of rotatable bonds is 2. The highest BCUT2D eigenvalue weighted by molar-refractivity contribution is 7.21. The van der Waals surface area contributed by atoms with Crippen molar-refractivity contribution in [3.8, 4) is 0 Å². The number of benzene rings is 1. The Morgan fingerprint density at radius 2 is 2.19 bits per heavy atom. The molecule has 0 aliphatic heterocycles. The van der Waals surface area contributed by atoms with Gasteiger partial charge in [0.2, 0.25) is 0 Å². The van der Waals surface area contributed by atoms with Gasteiger partial charge in [0.1, 0.15) is 4.88 Å². The maximum atomic E-state index is 10.9. The number of thiophene rings is 1. The lowest BCUT2D eigenvalue weighted by Gasteiger charge is -1.95. The molecule has 0 radical (unpaired) electrons. The van der Waals surface area contributed by atoms with Gasteiger partial charge in [-0.25, -0.2) is 4.79 Å². The van der Waals surface area contributed by atoms with E-state index in [-0.39, 0.29) is 10.6 Å². The van der Waals surface area contributed by atoms with Crippen molar-refractivity contribution < 1.29 is 14.8 Å². The summed E-state index contributed by atoms with van der Waals surface area (Å²) in [4.78, 5) is 21.4. The Kier molecular flexibility index (Phi) is 2.35. The highest BCUT2D eigenvalue weighted by atomic mass is 32.1. The van der Waals surface area contributed by atoms with Crippen LogP contribution in [0.1, 0.15) is 15.2 Å². The summed E-state index contributed by atoms with van der Waals surface area (Å²) in [6.45, 7) is 1.59. The minimum Gasteiger partial charge on any atom is -0.477 e. The van der Waals surface area contributed by atoms with E-state index >= 15 is 0 Å². The predicted octanol–water partition coefficient (Wildman–Crippen LogP) is 2.82. The van der Waals surface area contributed by atoms with Crippen LogP contribution in [-0.2, 0) is 0 Å². The lowest BCUT2D eigenvalue weighted by atomic mass is 10.1. The van der Waals surface area contributed by atoms with Crippen LogP contribution in [0.5, 0.6) is 0 Å². The van der Waals surface area contributed by atoms with Gasteiger partial charge in [-0.15, -0.1) is 11.3 Å². The van der Waals surface area contributed by atoms with E-state index in [1.807, 2.05) is 0 Å². The van der Waals surface area contributed by atoms with Crippen molar-refractivity contribution in [1.29, 1.82) is 0 Å². The number of non-ortho nitro benzene ring substituents is 1. The zero-order valence-corrected chi connectivity index (χ0v) is 9.08. The molecule has 0 fully saturated rings. The largest absolute Gasteiger partial charge is 0.477 e. The zero-order chi connectivity index (χ0) is 11.9. The van der Waals surface area contributed by atoms with Gasteiger partial charge in [0.05, 0.1) is 10.3 Å². The van der Waals surface area contributed by atoms with Crippen LogP contribution in [0.15, 0.2) is 18.2 Å². The highest BCUT2D eigenvalue weighted by Crippen LogP contribution is 2.36. The Hall–Kier alpha value is -1.95. The third-order valence-electron chi connectivity index (χ3n) is 2.32. The van der Waals surface area contributed by atoms with Gasteiger partial charge in [0.15, 0.2) is 0 Å². The van der Waals surface area contributed by atoms with Crippen LogP contribution in [0, 0.1) is 17.0 Å². The number of carbonyl (C=O) groups is 1. The standard InChI is InChI=1S/C10H7NO4S/c1-5-8-6(11(14)15)3-2-4-7(8)16-9(5)10(12)13/h2-4H,1H3,(H,12,13). The number of aromatic carboxylic acids is 1. The number of carboxylic acid groups (broad SMARTS) is 1. The number of nitro groups is 1. The van der Waals surface area contributed by atoms with Crippen molar-refractivity contribution in [2.24, 2.45) is 0 Å². The number of nitro benzene ring substituents is 1. The molecule has 0 bridgehead atoms. The van der Waals surface area contributed by atoms with Crippen molar-refractivity contribution >= 4 is 33.1 Å². The summed E-state index contributed by atoms with van der Waals surface area (Å²) in [6.07, 6.45) is 0. The van der Waals surface area contributed by atoms with Gasteiger partial charge >= 0.3 is 5.97 Å². The molecule has 2 aromatic rings. The average Bonchev–Trinajstić information content (AvgIpc) is 2.56. The van der Waals surface area contributed by atoms with Crippen LogP contribution < -0.4 is 0 Å². The second-order valence-electron chi connectivity index (χ2n) is 3.27. The summed E-state index contributed by atoms with van der Waals surface area (Å²) in [5.41, 5.74) is 0.415. The molecule has 1 N–H and O–H groups in total. The number of carboxylic acids is 1. The molecule has 0 saturated carbocycles. The van der Waals surface area contributed by atoms with E-state index in [0.717, 1.165) is 11.3 Å². The fourth-order valence-electron chi connectivity index (χ4n) is 1.64. The summed E-state index contributed by atoms with van der Waals surface area (Å²) in [6, 6.07) is 4.63. The Bertz CT molecular complexity index is 602. The van der Waals surface area contributed by atoms with Crippen molar-refractivity contribution in [1.82, 2.24) is 0 Å². The van der Waals surface area contributed by atoms with Crippen LogP contribution in [0.25, 0.3) is 10.1 Å². The number of aryl methyl sites for hydroxylation is 1. The molecule has 6 heteroatoms. The van der Waals surface area contributed by atoms with Gasteiger partial charge in [-0.2, -0.15) is 0 Å². The first-order valence-corrected chi connectivity index (χ1v) is 5.24. The molecular weight excluding hydrogens is 230 g/mol. The predicted molar refractivity (Wildman–Crippen MR) is 60.2 cm³/mol. The molecule has 1 aromatic carbocycles. The van der Waals surface area contributed by atoms with Gasteiger partial charge in [-0.3, -0.25) is 10.1 Å². The van der Waals surface area contributed by atoms with Gasteiger partial charge < -0.3 is 5.11 Å². The van der Waals surface area contributed by atoms with E-state index in [2.05, 4.69) is 0 Å². The van der Waals surface area contributed by atoms with Crippen molar-refractivity contribution in [2.75, 3.05) is 0 Å². The summed E-state index contributed by atoms with van der Waals surface area (Å²) in [5.74, 6) is -1.05. The number of hydrogen-bond acceptors (Lipinski definition) is 4. The van der Waals surface area contributed by atoms with Crippen LogP contribution in [-0.4, -0.2) is 16.0 Å². The zero-order valence-electron chi connectivity index (χ0n) is 8.26. The Morgan fingerprint density at radius 1 is 1.50 bits per heavy atom. The molecule has 2 rings (SSSR count). The van der Waals surface area contributed by atoms with Crippen LogP contribution >= 0.6 is 11.3 Å². The van der Waals surface area contributed by atoms with Gasteiger partial charge in [0.25, 0.3) is 5.69 Å². The highest BCUT2D eigenvalue weighted by Gasteiger charge is 2.21. The third kappa shape index (κ3) is 1.43. The minimum absolute atomic E-state index is 0.0428. The molecule has 1 aromatic heterocycles. The maximum absolute atomic E-state index is 10.9. The van der Waals surface area contributed by atoms with E-state index in [1.54, 1.807) is 19.1 Å². The Balaban J connectivity index is 2.87. The number of nitrogens with zero attached hydrogens (tertiary/aromatic N) is 1. The molecule has 1 heterocycles. The first kappa shape index (κ1) is 10.6. The molecule has 0 aliphatic rings. The van der Waals surface area contributed by atoms with Gasteiger partial charge in [0, 0.05) is 10.8 Å². The fourth-order valence-corrected chi connectivity index (χ4v) is 2.71. The first-order valence-electron chi connectivity index (χ1n) is 4.42. The number of fused-ring (bicyclic) bond motifs is 1. The van der Waals surface area contributed by atoms with E-state index < -0.39 is 10.9 Å². The SMILES string of the molecule is Cc1c(C(=O)O)sc2cccc([N+](=O)[O-])c12. The average molecular weight is 237 g/mol. The lowest BCUT2D eigenvalue weighted by Crippen LogP contribution is -1.94. The molecule has 0 unspecified atom stereocenters. The summed E-state index contributed by atoms with van der Waals surface area (Å²) >= 11 is 1.06. The van der Waals surface area contributed by atoms with Crippen molar-refractivity contribution in [2.45, 2.75) is 6.92 Å². The molecule has 82 valence electrons. The van der Waals surface area contributed by atoms with E-state index in [0.29, 0.717) is 15.6 Å². The van der Waals surface area contributed by atoms with Crippen molar-refractivity contribution in [3.63, 3.8) is 0 Å². The monoisotopic (exact) mass is 237 g/mol. The lowest BCUT2D eigenvalue weighted by molar-refractivity contribution is -0.383.